The average molecular weight is 288 g/mol. The number of nitrogens with zero attached hydrogens (tertiary/aromatic N) is 1. The van der Waals surface area contributed by atoms with Gasteiger partial charge < -0.3 is 9.84 Å². The summed E-state index contributed by atoms with van der Waals surface area (Å²) in [6, 6.07) is 4.74. The van der Waals surface area contributed by atoms with Gasteiger partial charge in [0.05, 0.1) is 17.7 Å². The van der Waals surface area contributed by atoms with E-state index in [1.54, 1.807) is 0 Å². The Hall–Kier alpha value is -1.44. The molecule has 96 valence electrons. The van der Waals surface area contributed by atoms with E-state index in [0.717, 1.165) is 0 Å². The SMILES string of the molecule is N#CCCCCOc1c(Cl)cc(Cl)cc1C(=O)O. The second-order valence-corrected chi connectivity index (χ2v) is 4.38. The molecular weight excluding hydrogens is 277 g/mol. The fraction of sp³-hybridized carbons (Fsp3) is 0.333. The minimum absolute atomic E-state index is 0.0622. The van der Waals surface area contributed by atoms with E-state index in [4.69, 9.17) is 38.3 Å². The van der Waals surface area contributed by atoms with Crippen molar-refractivity contribution in [3.05, 3.63) is 27.7 Å². The largest absolute Gasteiger partial charge is 0.491 e. The van der Waals surface area contributed by atoms with Gasteiger partial charge in [-0.1, -0.05) is 23.2 Å². The lowest BCUT2D eigenvalue weighted by Crippen LogP contribution is -2.05. The molecule has 4 nitrogen and oxygen atoms in total. The van der Waals surface area contributed by atoms with Gasteiger partial charge in [0.2, 0.25) is 0 Å². The van der Waals surface area contributed by atoms with Crippen LogP contribution in [0.1, 0.15) is 29.6 Å². The summed E-state index contributed by atoms with van der Waals surface area (Å²) >= 11 is 11.6. The van der Waals surface area contributed by atoms with E-state index in [2.05, 4.69) is 0 Å². The molecule has 18 heavy (non-hydrogen) atoms. The number of unbranched alkanes of at least 4 members (excludes halogenated alkanes) is 2. The summed E-state index contributed by atoms with van der Waals surface area (Å²) < 4.78 is 5.35. The van der Waals surface area contributed by atoms with Gasteiger partial charge in [0.15, 0.2) is 5.75 Å². The number of aromatic carboxylic acids is 1. The minimum Gasteiger partial charge on any atom is -0.491 e. The number of hydrogen-bond acceptors (Lipinski definition) is 3. The lowest BCUT2D eigenvalue weighted by molar-refractivity contribution is 0.0692. The van der Waals surface area contributed by atoms with Gasteiger partial charge in [0.1, 0.15) is 5.56 Å². The van der Waals surface area contributed by atoms with Gasteiger partial charge in [-0.2, -0.15) is 5.26 Å². The second kappa shape index (κ2) is 7.10. The van der Waals surface area contributed by atoms with Crippen LogP contribution in [0.3, 0.4) is 0 Å². The number of nitriles is 1. The summed E-state index contributed by atoms with van der Waals surface area (Å²) in [5, 5.41) is 17.8. The Labute approximate surface area is 115 Å². The van der Waals surface area contributed by atoms with Crippen LogP contribution in [0.2, 0.25) is 10.0 Å². The van der Waals surface area contributed by atoms with E-state index in [0.29, 0.717) is 25.9 Å². The minimum atomic E-state index is -1.15. The number of carbonyl (C=O) groups is 1. The highest BCUT2D eigenvalue weighted by Gasteiger charge is 2.16. The van der Waals surface area contributed by atoms with Crippen LogP contribution < -0.4 is 4.74 Å². The Balaban J connectivity index is 2.75. The number of carboxylic acids is 1. The van der Waals surface area contributed by atoms with Gasteiger partial charge in [0.25, 0.3) is 0 Å². The fourth-order valence-electron chi connectivity index (χ4n) is 1.35. The van der Waals surface area contributed by atoms with E-state index in [9.17, 15) is 4.79 Å². The van der Waals surface area contributed by atoms with E-state index in [-0.39, 0.29) is 21.4 Å². The molecule has 1 rings (SSSR count). The summed E-state index contributed by atoms with van der Waals surface area (Å²) in [7, 11) is 0. The van der Waals surface area contributed by atoms with Crippen molar-refractivity contribution in [1.29, 1.82) is 5.26 Å². The number of halogens is 2. The van der Waals surface area contributed by atoms with Crippen LogP contribution in [0, 0.1) is 11.3 Å². The third kappa shape index (κ3) is 4.10. The van der Waals surface area contributed by atoms with Gasteiger partial charge in [-0.15, -0.1) is 0 Å². The predicted molar refractivity (Wildman–Crippen MR) is 68.4 cm³/mol. The summed E-state index contributed by atoms with van der Waals surface area (Å²) in [4.78, 5) is 11.0. The van der Waals surface area contributed by atoms with E-state index in [1.807, 2.05) is 6.07 Å². The van der Waals surface area contributed by atoms with Gasteiger partial charge in [0, 0.05) is 11.4 Å². The zero-order valence-corrected chi connectivity index (χ0v) is 11.0. The van der Waals surface area contributed by atoms with Crippen molar-refractivity contribution in [3.63, 3.8) is 0 Å². The van der Waals surface area contributed by atoms with Crippen LogP contribution in [0.15, 0.2) is 12.1 Å². The molecule has 0 bridgehead atoms. The number of carboxylic acid groups (broad SMARTS) is 1. The Morgan fingerprint density at radius 2 is 2.11 bits per heavy atom. The van der Waals surface area contributed by atoms with Crippen LogP contribution in [-0.4, -0.2) is 17.7 Å². The van der Waals surface area contributed by atoms with E-state index >= 15 is 0 Å². The number of benzene rings is 1. The summed E-state index contributed by atoms with van der Waals surface area (Å²) in [6.07, 6.45) is 1.80. The molecule has 1 aromatic rings. The van der Waals surface area contributed by atoms with Crippen molar-refractivity contribution >= 4 is 29.2 Å². The molecular formula is C12H11Cl2NO3. The lowest BCUT2D eigenvalue weighted by Gasteiger charge is -2.11. The van der Waals surface area contributed by atoms with Crippen LogP contribution in [0.25, 0.3) is 0 Å². The lowest BCUT2D eigenvalue weighted by atomic mass is 10.2. The zero-order chi connectivity index (χ0) is 13.5. The van der Waals surface area contributed by atoms with E-state index in [1.165, 1.54) is 12.1 Å². The van der Waals surface area contributed by atoms with Gasteiger partial charge in [-0.25, -0.2) is 4.79 Å². The predicted octanol–water partition coefficient (Wildman–Crippen LogP) is 3.76. The molecule has 1 N–H and O–H groups in total. The molecule has 0 amide bonds. The number of rotatable bonds is 6. The van der Waals surface area contributed by atoms with E-state index < -0.39 is 5.97 Å². The number of hydrogen-bond donors (Lipinski definition) is 1. The molecule has 0 atom stereocenters. The van der Waals surface area contributed by atoms with Crippen LogP contribution in [-0.2, 0) is 0 Å². The zero-order valence-electron chi connectivity index (χ0n) is 9.45. The maximum Gasteiger partial charge on any atom is 0.339 e. The highest BCUT2D eigenvalue weighted by atomic mass is 35.5. The van der Waals surface area contributed by atoms with Crippen molar-refractivity contribution in [2.75, 3.05) is 6.61 Å². The molecule has 0 unspecified atom stereocenters. The Kier molecular flexibility index (Phi) is 5.76. The molecule has 6 heteroatoms. The maximum atomic E-state index is 11.0. The van der Waals surface area contributed by atoms with Crippen molar-refractivity contribution in [1.82, 2.24) is 0 Å². The molecule has 0 aliphatic carbocycles. The second-order valence-electron chi connectivity index (χ2n) is 3.53. The first-order chi connectivity index (χ1) is 8.56. The summed E-state index contributed by atoms with van der Waals surface area (Å²) in [5.41, 5.74) is -0.0622. The quantitative estimate of drug-likeness (QED) is 0.809. The van der Waals surface area contributed by atoms with Crippen molar-refractivity contribution in [2.45, 2.75) is 19.3 Å². The van der Waals surface area contributed by atoms with Gasteiger partial charge in [-0.3, -0.25) is 0 Å². The third-order valence-corrected chi connectivity index (χ3v) is 2.67. The Bertz CT molecular complexity index is 483. The van der Waals surface area contributed by atoms with Crippen LogP contribution in [0.5, 0.6) is 5.75 Å². The Morgan fingerprint density at radius 3 is 2.72 bits per heavy atom. The summed E-state index contributed by atoms with van der Waals surface area (Å²) in [6.45, 7) is 0.309. The maximum absolute atomic E-state index is 11.0. The van der Waals surface area contributed by atoms with Crippen molar-refractivity contribution in [2.24, 2.45) is 0 Å². The highest BCUT2D eigenvalue weighted by Crippen LogP contribution is 2.32. The molecule has 0 fully saturated rings. The molecule has 1 aromatic carbocycles. The first-order valence-corrected chi connectivity index (χ1v) is 6.04. The molecule has 0 saturated carbocycles. The molecule has 0 spiro atoms. The van der Waals surface area contributed by atoms with Crippen LogP contribution in [0.4, 0.5) is 0 Å². The Morgan fingerprint density at radius 1 is 1.39 bits per heavy atom. The van der Waals surface area contributed by atoms with Crippen molar-refractivity contribution < 1.29 is 14.6 Å². The van der Waals surface area contributed by atoms with Gasteiger partial charge in [-0.05, 0) is 25.0 Å². The smallest absolute Gasteiger partial charge is 0.339 e. The highest BCUT2D eigenvalue weighted by molar-refractivity contribution is 6.36. The van der Waals surface area contributed by atoms with Crippen molar-refractivity contribution in [3.8, 4) is 11.8 Å². The molecule has 0 aromatic heterocycles. The fourth-order valence-corrected chi connectivity index (χ4v) is 1.89. The molecule has 0 aliphatic rings. The van der Waals surface area contributed by atoms with Crippen LogP contribution >= 0.6 is 23.2 Å². The topological polar surface area (TPSA) is 70.3 Å². The van der Waals surface area contributed by atoms with Gasteiger partial charge >= 0.3 is 5.97 Å². The standard InChI is InChI=1S/C12H11Cl2NO3/c13-8-6-9(12(16)17)11(10(14)7-8)18-5-3-1-2-4-15/h6-7H,1-3,5H2,(H,16,17). The average Bonchev–Trinajstić information content (AvgIpc) is 2.30. The number of ether oxygens (including phenoxy) is 1. The molecule has 0 aliphatic heterocycles. The first-order valence-electron chi connectivity index (χ1n) is 5.28. The third-order valence-electron chi connectivity index (χ3n) is 2.17. The monoisotopic (exact) mass is 287 g/mol. The first kappa shape index (κ1) is 14.6. The normalized spacial score (nSPS) is 9.83. The molecule has 0 heterocycles. The summed E-state index contributed by atoms with van der Waals surface area (Å²) in [5.74, 6) is -1.03. The molecule has 0 radical (unpaired) electrons. The molecule has 0 saturated heterocycles.